The number of carbonyl (C=O) groups excluding carboxylic acids is 2. The van der Waals surface area contributed by atoms with Crippen molar-refractivity contribution >= 4 is 67.6 Å². The number of nitrogens with zero attached hydrogens (tertiary/aromatic N) is 1. The molecule has 1 atom stereocenters. The first-order valence-corrected chi connectivity index (χ1v) is 13.3. The molecule has 0 aromatic heterocycles. The molecule has 1 fully saturated rings. The minimum Gasteiger partial charge on any atom is -0.326 e. The van der Waals surface area contributed by atoms with Crippen molar-refractivity contribution < 1.29 is 13.8 Å². The second-order valence-corrected chi connectivity index (χ2v) is 10.8. The van der Waals surface area contributed by atoms with E-state index < -0.39 is 10.8 Å². The van der Waals surface area contributed by atoms with Gasteiger partial charge in [0.2, 0.25) is 5.91 Å². The fourth-order valence-electron chi connectivity index (χ4n) is 3.40. The molecule has 176 valence electrons. The highest BCUT2D eigenvalue weighted by molar-refractivity contribution is 8.26. The van der Waals surface area contributed by atoms with Crippen molar-refractivity contribution in [2.24, 2.45) is 0 Å². The molecular weight excluding hydrogens is 497 g/mol. The van der Waals surface area contributed by atoms with Crippen LogP contribution in [0.1, 0.15) is 23.6 Å². The van der Waals surface area contributed by atoms with E-state index in [1.54, 1.807) is 24.4 Å². The lowest BCUT2D eigenvalue weighted by Gasteiger charge is -2.14. The van der Waals surface area contributed by atoms with Gasteiger partial charge in [0, 0.05) is 18.8 Å². The molecule has 4 rings (SSSR count). The van der Waals surface area contributed by atoms with Gasteiger partial charge in [-0.05, 0) is 34.9 Å². The number of thioether (sulfide) groups is 1. The first kappa shape index (κ1) is 24.8. The molecule has 1 saturated heterocycles. The van der Waals surface area contributed by atoms with Crippen LogP contribution in [0, 0.1) is 0 Å². The molecule has 35 heavy (non-hydrogen) atoms. The number of rotatable bonds is 7. The van der Waals surface area contributed by atoms with Crippen molar-refractivity contribution in [1.29, 1.82) is 0 Å². The molecule has 1 heterocycles. The van der Waals surface area contributed by atoms with Gasteiger partial charge < -0.3 is 5.32 Å². The predicted molar refractivity (Wildman–Crippen MR) is 148 cm³/mol. The van der Waals surface area contributed by atoms with Crippen molar-refractivity contribution in [2.75, 3.05) is 5.32 Å². The van der Waals surface area contributed by atoms with Gasteiger partial charge in [0.25, 0.3) is 5.91 Å². The SMILES string of the molecule is CC(=O)Nc1ccc(/C=C2\SC(=S)N(/C=C(\c3ccccc3)[S@@](=O)Cc3ccccc3)C2=O)cc1. The van der Waals surface area contributed by atoms with Crippen molar-refractivity contribution in [3.63, 3.8) is 0 Å². The van der Waals surface area contributed by atoms with Gasteiger partial charge in [-0.2, -0.15) is 0 Å². The molecule has 3 aromatic rings. The molecule has 8 heteroatoms. The Morgan fingerprint density at radius 1 is 1.00 bits per heavy atom. The van der Waals surface area contributed by atoms with Gasteiger partial charge in [0.1, 0.15) is 0 Å². The highest BCUT2D eigenvalue weighted by Gasteiger charge is 2.32. The third kappa shape index (κ3) is 6.42. The summed E-state index contributed by atoms with van der Waals surface area (Å²) >= 11 is 6.70. The van der Waals surface area contributed by atoms with Crippen LogP contribution in [0.3, 0.4) is 0 Å². The zero-order valence-electron chi connectivity index (χ0n) is 18.8. The summed E-state index contributed by atoms with van der Waals surface area (Å²) < 4.78 is 13.8. The second-order valence-electron chi connectivity index (χ2n) is 7.69. The summed E-state index contributed by atoms with van der Waals surface area (Å²) in [4.78, 5) is 26.8. The second kappa shape index (κ2) is 11.4. The fourth-order valence-corrected chi connectivity index (χ4v) is 5.88. The maximum Gasteiger partial charge on any atom is 0.270 e. The molecule has 0 aliphatic carbocycles. The molecule has 1 aliphatic rings. The Morgan fingerprint density at radius 3 is 2.26 bits per heavy atom. The molecule has 0 radical (unpaired) electrons. The molecule has 0 unspecified atom stereocenters. The van der Waals surface area contributed by atoms with E-state index in [0.29, 0.717) is 25.6 Å². The van der Waals surface area contributed by atoms with E-state index in [9.17, 15) is 13.8 Å². The molecule has 0 bridgehead atoms. The van der Waals surface area contributed by atoms with E-state index in [-0.39, 0.29) is 11.8 Å². The molecule has 5 nitrogen and oxygen atoms in total. The summed E-state index contributed by atoms with van der Waals surface area (Å²) in [5.74, 6) is -0.0901. The van der Waals surface area contributed by atoms with Crippen LogP contribution in [0.25, 0.3) is 11.0 Å². The molecule has 1 aliphatic heterocycles. The van der Waals surface area contributed by atoms with E-state index in [1.807, 2.05) is 72.8 Å². The number of hydrogen-bond donors (Lipinski definition) is 1. The van der Waals surface area contributed by atoms with Crippen molar-refractivity contribution in [3.8, 4) is 0 Å². The maximum absolute atomic E-state index is 13.4. The number of amides is 2. The molecule has 2 amide bonds. The molecule has 0 spiro atoms. The van der Waals surface area contributed by atoms with Crippen LogP contribution < -0.4 is 5.32 Å². The Morgan fingerprint density at radius 2 is 1.63 bits per heavy atom. The van der Waals surface area contributed by atoms with Gasteiger partial charge >= 0.3 is 0 Å². The Balaban J connectivity index is 1.61. The third-order valence-corrected chi connectivity index (χ3v) is 7.80. The van der Waals surface area contributed by atoms with Gasteiger partial charge in [0.05, 0.1) is 26.4 Å². The average molecular weight is 519 g/mol. The summed E-state index contributed by atoms with van der Waals surface area (Å²) in [7, 11) is -1.40. The van der Waals surface area contributed by atoms with Crippen LogP contribution in [-0.2, 0) is 26.1 Å². The van der Waals surface area contributed by atoms with E-state index in [1.165, 1.54) is 23.6 Å². The van der Waals surface area contributed by atoms with E-state index in [0.717, 1.165) is 16.7 Å². The monoisotopic (exact) mass is 518 g/mol. The summed E-state index contributed by atoms with van der Waals surface area (Å²) in [6, 6.07) is 26.2. The lowest BCUT2D eigenvalue weighted by molar-refractivity contribution is -0.120. The van der Waals surface area contributed by atoms with Gasteiger partial charge in [-0.15, -0.1) is 0 Å². The van der Waals surface area contributed by atoms with E-state index in [4.69, 9.17) is 12.2 Å². The third-order valence-electron chi connectivity index (χ3n) is 5.04. The normalized spacial score (nSPS) is 16.0. The lowest BCUT2D eigenvalue weighted by atomic mass is 10.2. The summed E-state index contributed by atoms with van der Waals surface area (Å²) in [5.41, 5.74) is 3.20. The molecule has 3 aromatic carbocycles. The predicted octanol–water partition coefficient (Wildman–Crippen LogP) is 5.79. The van der Waals surface area contributed by atoms with Crippen molar-refractivity contribution in [2.45, 2.75) is 12.7 Å². The smallest absolute Gasteiger partial charge is 0.270 e. The fraction of sp³-hybridized carbons (Fsp3) is 0.0741. The summed E-state index contributed by atoms with van der Waals surface area (Å²) in [6.07, 6.45) is 3.36. The van der Waals surface area contributed by atoms with Crippen LogP contribution in [0.5, 0.6) is 0 Å². The van der Waals surface area contributed by atoms with Gasteiger partial charge in [0.15, 0.2) is 4.32 Å². The molecule has 0 saturated carbocycles. The minimum absolute atomic E-state index is 0.149. The highest BCUT2D eigenvalue weighted by atomic mass is 32.2. The van der Waals surface area contributed by atoms with Crippen LogP contribution >= 0.6 is 24.0 Å². The van der Waals surface area contributed by atoms with Gasteiger partial charge in [-0.25, -0.2) is 0 Å². The number of benzene rings is 3. The molecule has 1 N–H and O–H groups in total. The first-order valence-electron chi connectivity index (χ1n) is 10.7. The highest BCUT2D eigenvalue weighted by Crippen LogP contribution is 2.35. The number of hydrogen-bond acceptors (Lipinski definition) is 5. The Kier molecular flexibility index (Phi) is 8.07. The number of nitrogens with one attached hydrogen (secondary N) is 1. The van der Waals surface area contributed by atoms with Crippen LogP contribution in [0.4, 0.5) is 5.69 Å². The van der Waals surface area contributed by atoms with Gasteiger partial charge in [-0.3, -0.25) is 18.7 Å². The molecular formula is C27H22N2O3S3. The Bertz CT molecular complexity index is 1340. The van der Waals surface area contributed by atoms with Crippen molar-refractivity contribution in [1.82, 2.24) is 4.90 Å². The zero-order valence-corrected chi connectivity index (χ0v) is 21.3. The van der Waals surface area contributed by atoms with E-state index in [2.05, 4.69) is 5.32 Å². The zero-order chi connectivity index (χ0) is 24.8. The quantitative estimate of drug-likeness (QED) is 0.317. The van der Waals surface area contributed by atoms with Crippen LogP contribution in [-0.4, -0.2) is 25.2 Å². The maximum atomic E-state index is 13.4. The Hall–Kier alpha value is -3.33. The Labute approximate surface area is 216 Å². The lowest BCUT2D eigenvalue weighted by Crippen LogP contribution is -2.22. The van der Waals surface area contributed by atoms with Crippen molar-refractivity contribution in [3.05, 3.63) is 113 Å². The van der Waals surface area contributed by atoms with Crippen LogP contribution in [0.15, 0.2) is 96.0 Å². The summed E-state index contributed by atoms with van der Waals surface area (Å²) in [5, 5.41) is 2.72. The summed E-state index contributed by atoms with van der Waals surface area (Å²) in [6.45, 7) is 1.45. The van der Waals surface area contributed by atoms with E-state index >= 15 is 0 Å². The average Bonchev–Trinajstić information content (AvgIpc) is 3.11. The first-order chi connectivity index (χ1) is 16.9. The topological polar surface area (TPSA) is 66.5 Å². The van der Waals surface area contributed by atoms with Crippen LogP contribution in [0.2, 0.25) is 0 Å². The minimum atomic E-state index is -1.40. The number of carbonyl (C=O) groups is 2. The number of anilines is 1. The standard InChI is InChI=1S/C27H22N2O3S3/c1-19(30)28-23-14-12-20(13-15-23)16-24-26(31)29(27(33)34-24)17-25(22-10-6-3-7-11-22)35(32)18-21-8-4-2-5-9-21/h2-17H,18H2,1H3,(H,28,30)/b24-16-,25-17+/t35-/m0/s1. The van der Waals surface area contributed by atoms with Gasteiger partial charge in [-0.1, -0.05) is 96.8 Å². The largest absolute Gasteiger partial charge is 0.326 e. The number of thiocarbonyl (C=S) groups is 1.